The first kappa shape index (κ1) is 96.0. The number of carbonyl (C=O) groups excluding carboxylic acids is 4. The Labute approximate surface area is 607 Å². The summed E-state index contributed by atoms with van der Waals surface area (Å²) in [5.41, 5.74) is 0. The zero-order chi connectivity index (χ0) is 73.2. The van der Waals surface area contributed by atoms with Crippen LogP contribution in [0.4, 0.5) is 0 Å². The van der Waals surface area contributed by atoms with Gasteiger partial charge in [0.15, 0.2) is 12.2 Å². The molecule has 0 bridgehead atoms. The van der Waals surface area contributed by atoms with Crippen LogP contribution in [0, 0.1) is 0 Å². The Hall–Kier alpha value is -4.02. The van der Waals surface area contributed by atoms with Gasteiger partial charge in [-0.15, -0.1) is 0 Å². The molecule has 0 saturated heterocycles. The van der Waals surface area contributed by atoms with Crippen LogP contribution in [-0.2, 0) is 65.4 Å². The number of aliphatic hydroxyl groups excluding tert-OH is 1. The molecule has 0 rings (SSSR count). The van der Waals surface area contributed by atoms with E-state index in [0.29, 0.717) is 25.7 Å². The Morgan fingerprint density at radius 1 is 0.290 bits per heavy atom. The van der Waals surface area contributed by atoms with Crippen molar-refractivity contribution in [1.82, 2.24) is 0 Å². The minimum Gasteiger partial charge on any atom is -0.462 e. The van der Waals surface area contributed by atoms with Crippen molar-refractivity contribution in [3.8, 4) is 0 Å². The van der Waals surface area contributed by atoms with Crippen LogP contribution in [0.25, 0.3) is 0 Å². The molecule has 0 spiro atoms. The molecule has 0 fully saturated rings. The number of unbranched alkanes of at least 4 members (excludes halogenated alkanes) is 32. The van der Waals surface area contributed by atoms with E-state index < -0.39 is 97.5 Å². The molecule has 578 valence electrons. The first-order chi connectivity index (χ1) is 48.7. The van der Waals surface area contributed by atoms with Crippen molar-refractivity contribution >= 4 is 39.5 Å². The summed E-state index contributed by atoms with van der Waals surface area (Å²) in [6, 6.07) is 0. The van der Waals surface area contributed by atoms with Gasteiger partial charge >= 0.3 is 39.5 Å². The number of phosphoric acid groups is 2. The molecule has 0 radical (unpaired) electrons. The minimum absolute atomic E-state index is 0.0823. The van der Waals surface area contributed by atoms with Crippen LogP contribution in [0.1, 0.15) is 336 Å². The quantitative estimate of drug-likeness (QED) is 0.0169. The number of hydrogen-bond acceptors (Lipinski definition) is 15. The molecule has 19 heteroatoms. The van der Waals surface area contributed by atoms with E-state index in [9.17, 15) is 43.2 Å². The van der Waals surface area contributed by atoms with Gasteiger partial charge in [-0.05, 0) is 122 Å². The second-order valence-electron chi connectivity index (χ2n) is 26.2. The average molecular weight is 1450 g/mol. The molecule has 5 unspecified atom stereocenters. The lowest BCUT2D eigenvalue weighted by Gasteiger charge is -2.21. The SMILES string of the molecule is CC/C=C\C/C=C\C/C=C\C/C=C\CCCCCCCCC(=O)OCC(COP(=O)(O)OCC(O)COP(=O)(O)OCC(COC(=O)CCCCCCC/C=C\C/C=C\C/C=C\CC)OC(=O)CCCCCCCCCCCCC)OC(=O)CCCCCCC/C=C\CCCCCCCC. The van der Waals surface area contributed by atoms with Crippen molar-refractivity contribution in [1.29, 1.82) is 0 Å². The molecule has 0 saturated carbocycles. The van der Waals surface area contributed by atoms with Gasteiger partial charge < -0.3 is 33.8 Å². The van der Waals surface area contributed by atoms with Crippen LogP contribution in [0.2, 0.25) is 0 Å². The summed E-state index contributed by atoms with van der Waals surface area (Å²) in [4.78, 5) is 72.9. The predicted octanol–water partition coefficient (Wildman–Crippen LogP) is 22.8. The van der Waals surface area contributed by atoms with Crippen molar-refractivity contribution in [2.24, 2.45) is 0 Å². The maximum Gasteiger partial charge on any atom is 0.472 e. The molecular formula is C81H142O17P2. The lowest BCUT2D eigenvalue weighted by molar-refractivity contribution is -0.161. The standard InChI is InChI=1S/C81H142O17P2/c1-5-9-13-17-21-25-29-32-35-36-37-38-41-43-47-50-54-58-62-66-79(84)92-72-77(98-81(86)68-64-60-56-52-48-44-40-34-31-27-23-19-15-11-7-3)74-96-100(89,90)94-70-75(82)69-93-99(87,88)95-73-76(97-80(85)67-63-59-55-51-45-28-24-20-16-12-8-4)71-91-78(83)65-61-57-53-49-46-42-39-33-30-26-22-18-14-10-6-2/h9-10,13-14,21-22,25-26,32-35,37-40,75-77,82H,5-8,11-12,15-20,23-24,27-31,36,41-74H2,1-4H3,(H,87,88)(H,89,90)/b13-9-,14-10-,25-21-,26-22-,35-32-,38-37-,39-33-,40-34-. The van der Waals surface area contributed by atoms with E-state index in [0.717, 1.165) is 180 Å². The molecular weight excluding hydrogens is 1310 g/mol. The second-order valence-corrected chi connectivity index (χ2v) is 29.2. The van der Waals surface area contributed by atoms with Crippen molar-refractivity contribution in [2.75, 3.05) is 39.6 Å². The number of phosphoric ester groups is 2. The van der Waals surface area contributed by atoms with Gasteiger partial charge in [0.1, 0.15) is 19.3 Å². The van der Waals surface area contributed by atoms with Crippen LogP contribution in [0.5, 0.6) is 0 Å². The van der Waals surface area contributed by atoms with Gasteiger partial charge in [-0.25, -0.2) is 9.13 Å². The molecule has 0 aliphatic carbocycles. The van der Waals surface area contributed by atoms with E-state index in [1.54, 1.807) is 0 Å². The summed E-state index contributed by atoms with van der Waals surface area (Å²) >= 11 is 0. The molecule has 0 aromatic carbocycles. The Balaban J connectivity index is 5.33. The lowest BCUT2D eigenvalue weighted by atomic mass is 10.1. The van der Waals surface area contributed by atoms with E-state index in [1.165, 1.54) is 77.0 Å². The number of rotatable bonds is 74. The van der Waals surface area contributed by atoms with Crippen LogP contribution < -0.4 is 0 Å². The Bertz CT molecular complexity index is 2270. The smallest absolute Gasteiger partial charge is 0.462 e. The van der Waals surface area contributed by atoms with Gasteiger partial charge in [-0.3, -0.25) is 37.3 Å². The second kappa shape index (κ2) is 73.3. The monoisotopic (exact) mass is 1450 g/mol. The van der Waals surface area contributed by atoms with Crippen LogP contribution >= 0.6 is 15.6 Å². The van der Waals surface area contributed by atoms with E-state index in [2.05, 4.69) is 125 Å². The molecule has 17 nitrogen and oxygen atoms in total. The summed E-state index contributed by atoms with van der Waals surface area (Å²) in [5, 5.41) is 10.6. The average Bonchev–Trinajstić information content (AvgIpc) is 0.985. The maximum absolute atomic E-state index is 13.1. The zero-order valence-electron chi connectivity index (χ0n) is 63.1. The molecule has 5 atom stereocenters. The van der Waals surface area contributed by atoms with Crippen LogP contribution in [-0.4, -0.2) is 96.7 Å². The van der Waals surface area contributed by atoms with Gasteiger partial charge in [0.2, 0.25) is 0 Å². The fraction of sp³-hybridized carbons (Fsp3) is 0.753. The van der Waals surface area contributed by atoms with Crippen LogP contribution in [0.3, 0.4) is 0 Å². The van der Waals surface area contributed by atoms with E-state index in [-0.39, 0.29) is 25.7 Å². The molecule has 100 heavy (non-hydrogen) atoms. The highest BCUT2D eigenvalue weighted by Gasteiger charge is 2.30. The summed E-state index contributed by atoms with van der Waals surface area (Å²) < 4.78 is 68.5. The molecule has 0 amide bonds. The van der Waals surface area contributed by atoms with Crippen LogP contribution in [0.15, 0.2) is 97.2 Å². The topological polar surface area (TPSA) is 237 Å². The van der Waals surface area contributed by atoms with Gasteiger partial charge in [-0.1, -0.05) is 285 Å². The van der Waals surface area contributed by atoms with Gasteiger partial charge in [0.05, 0.1) is 26.4 Å². The largest absolute Gasteiger partial charge is 0.472 e. The lowest BCUT2D eigenvalue weighted by Crippen LogP contribution is -2.30. The van der Waals surface area contributed by atoms with Gasteiger partial charge in [-0.2, -0.15) is 0 Å². The van der Waals surface area contributed by atoms with Gasteiger partial charge in [0, 0.05) is 25.7 Å². The summed E-state index contributed by atoms with van der Waals surface area (Å²) in [7, 11) is -9.95. The zero-order valence-corrected chi connectivity index (χ0v) is 64.9. The summed E-state index contributed by atoms with van der Waals surface area (Å²) in [5.74, 6) is -2.20. The third-order valence-corrected chi connectivity index (χ3v) is 18.4. The number of allylic oxidation sites excluding steroid dienone is 16. The highest BCUT2D eigenvalue weighted by atomic mass is 31.2. The Morgan fingerprint density at radius 3 is 0.810 bits per heavy atom. The van der Waals surface area contributed by atoms with E-state index >= 15 is 0 Å². The van der Waals surface area contributed by atoms with Gasteiger partial charge in [0.25, 0.3) is 0 Å². The Morgan fingerprint density at radius 2 is 0.520 bits per heavy atom. The number of esters is 4. The molecule has 0 heterocycles. The van der Waals surface area contributed by atoms with E-state index in [1.807, 2.05) is 0 Å². The van der Waals surface area contributed by atoms with Crippen molar-refractivity contribution < 1.29 is 80.2 Å². The summed E-state index contributed by atoms with van der Waals surface area (Å²) in [6.45, 7) is 4.63. The summed E-state index contributed by atoms with van der Waals surface area (Å²) in [6.07, 6.45) is 76.7. The Kier molecular flexibility index (Phi) is 70.4. The highest BCUT2D eigenvalue weighted by molar-refractivity contribution is 7.47. The number of carbonyl (C=O) groups is 4. The predicted molar refractivity (Wildman–Crippen MR) is 409 cm³/mol. The first-order valence-electron chi connectivity index (χ1n) is 39.5. The fourth-order valence-electron chi connectivity index (χ4n) is 10.6. The third-order valence-electron chi connectivity index (χ3n) is 16.5. The van der Waals surface area contributed by atoms with Crippen molar-refractivity contribution in [3.63, 3.8) is 0 Å². The molecule has 3 N–H and O–H groups in total. The first-order valence-corrected chi connectivity index (χ1v) is 42.5. The normalized spacial score (nSPS) is 14.4. The molecule has 0 aliphatic heterocycles. The molecule has 0 aliphatic rings. The van der Waals surface area contributed by atoms with E-state index in [4.69, 9.17) is 37.0 Å². The molecule has 0 aromatic rings. The number of aliphatic hydroxyl groups is 1. The van der Waals surface area contributed by atoms with Crippen molar-refractivity contribution in [3.05, 3.63) is 97.2 Å². The number of hydrogen-bond donors (Lipinski definition) is 3. The molecule has 0 aromatic heterocycles. The minimum atomic E-state index is -4.98. The number of ether oxygens (including phenoxy) is 4. The highest BCUT2D eigenvalue weighted by Crippen LogP contribution is 2.45. The maximum atomic E-state index is 13.1. The fourth-order valence-corrected chi connectivity index (χ4v) is 12.2. The van der Waals surface area contributed by atoms with Crippen molar-refractivity contribution in [2.45, 2.75) is 354 Å². The third kappa shape index (κ3) is 72.3.